The normalized spacial score (nSPS) is 20.1. The van der Waals surface area contributed by atoms with Crippen LogP contribution in [0.25, 0.3) is 0 Å². The highest BCUT2D eigenvalue weighted by Gasteiger charge is 2.33. The minimum atomic E-state index is -4.44. The average Bonchev–Trinajstić information content (AvgIpc) is 2.68. The van der Waals surface area contributed by atoms with Crippen LogP contribution in [0.2, 0.25) is 0 Å². The number of amides is 1. The Balaban J connectivity index is 2.09. The predicted molar refractivity (Wildman–Crippen MR) is 100 cm³/mol. The Kier molecular flexibility index (Phi) is 8.07. The van der Waals surface area contributed by atoms with E-state index in [-0.39, 0.29) is 29.7 Å². The topological polar surface area (TPSA) is 64.9 Å². The fourth-order valence-corrected chi connectivity index (χ4v) is 4.05. The van der Waals surface area contributed by atoms with Gasteiger partial charge >= 0.3 is 6.18 Å². The molecule has 1 saturated heterocycles. The van der Waals surface area contributed by atoms with E-state index in [0.29, 0.717) is 19.5 Å². The fraction of sp³-hybridized carbons (Fsp3) is 0.619. The van der Waals surface area contributed by atoms with Crippen molar-refractivity contribution in [3.05, 3.63) is 35.4 Å². The molecule has 2 rings (SSSR count). The second-order valence-electron chi connectivity index (χ2n) is 7.71. The molecule has 1 amide bonds. The van der Waals surface area contributed by atoms with E-state index < -0.39 is 17.7 Å². The predicted octanol–water partition coefficient (Wildman–Crippen LogP) is 1.24. The molecule has 1 fully saturated rings. The van der Waals surface area contributed by atoms with Gasteiger partial charge in [0.15, 0.2) is 0 Å². The van der Waals surface area contributed by atoms with Gasteiger partial charge in [0.1, 0.15) is 0 Å². The Morgan fingerprint density at radius 1 is 1.14 bits per heavy atom. The molecule has 1 N–H and O–H groups in total. The smallest absolute Gasteiger partial charge is 0.416 e. The lowest BCUT2D eigenvalue weighted by molar-refractivity contribution is -0.897. The lowest BCUT2D eigenvalue weighted by Crippen LogP contribution is -3.11. The first-order valence-corrected chi connectivity index (χ1v) is 10.2. The molecule has 1 aliphatic rings. The number of carbonyl (C=O) groups is 2. The summed E-state index contributed by atoms with van der Waals surface area (Å²) >= 11 is 0. The molecule has 1 aromatic rings. The van der Waals surface area contributed by atoms with E-state index in [1.165, 1.54) is 17.0 Å². The third-order valence-electron chi connectivity index (χ3n) is 5.94. The number of aliphatic carboxylic acids is 1. The average molecular weight is 414 g/mol. The van der Waals surface area contributed by atoms with Crippen LogP contribution in [0.3, 0.4) is 0 Å². The van der Waals surface area contributed by atoms with Crippen LogP contribution in [0.15, 0.2) is 24.3 Å². The second-order valence-corrected chi connectivity index (χ2v) is 7.71. The van der Waals surface area contributed by atoms with Crippen LogP contribution in [0, 0.1) is 11.8 Å². The number of likely N-dealkylation sites (tertiary alicyclic amines) is 1. The van der Waals surface area contributed by atoms with Crippen molar-refractivity contribution in [1.82, 2.24) is 4.90 Å². The third kappa shape index (κ3) is 6.45. The van der Waals surface area contributed by atoms with E-state index in [1.54, 1.807) is 4.90 Å². The number of piperidine rings is 1. The maximum absolute atomic E-state index is 12.8. The van der Waals surface area contributed by atoms with E-state index in [2.05, 4.69) is 13.8 Å². The highest BCUT2D eigenvalue weighted by Crippen LogP contribution is 2.31. The molecule has 0 spiro atoms. The largest absolute Gasteiger partial charge is 0.550 e. The Hall–Kier alpha value is -2.09. The highest BCUT2D eigenvalue weighted by molar-refractivity contribution is 5.94. The van der Waals surface area contributed by atoms with Crippen molar-refractivity contribution in [3.8, 4) is 0 Å². The quantitative estimate of drug-likeness (QED) is 0.696. The molecule has 8 heteroatoms. The number of benzene rings is 1. The molecule has 1 aliphatic heterocycles. The van der Waals surface area contributed by atoms with Crippen LogP contribution in [0.4, 0.5) is 13.2 Å². The summed E-state index contributed by atoms with van der Waals surface area (Å²) in [7, 11) is 0. The van der Waals surface area contributed by atoms with E-state index in [0.717, 1.165) is 38.2 Å². The van der Waals surface area contributed by atoms with Gasteiger partial charge in [-0.15, -0.1) is 0 Å². The Morgan fingerprint density at radius 2 is 1.76 bits per heavy atom. The maximum Gasteiger partial charge on any atom is 0.416 e. The zero-order chi connectivity index (χ0) is 21.6. The number of carbonyl (C=O) groups excluding carboxylic acids is 2. The van der Waals surface area contributed by atoms with E-state index in [4.69, 9.17) is 0 Å². The number of nitrogens with zero attached hydrogens (tertiary/aromatic N) is 1. The molecule has 162 valence electrons. The minimum absolute atomic E-state index is 0.0272. The standard InChI is InChI=1S/C21H29F3N2O3/c1-3-25(4-2)11-9-17-14-26(12-10-16(17)13-19(27)28)20(29)15-5-7-18(8-6-15)21(22,23)24/h5-8,16-17H,3-4,9-14H2,1-2H3,(H,27,28)/t16-,17-/m0/s1. The minimum Gasteiger partial charge on any atom is -0.550 e. The summed E-state index contributed by atoms with van der Waals surface area (Å²) in [6.07, 6.45) is -3.12. The summed E-state index contributed by atoms with van der Waals surface area (Å²) in [5.41, 5.74) is -0.578. The molecule has 29 heavy (non-hydrogen) atoms. The lowest BCUT2D eigenvalue weighted by Gasteiger charge is -2.39. The van der Waals surface area contributed by atoms with Gasteiger partial charge in [-0.3, -0.25) is 4.79 Å². The van der Waals surface area contributed by atoms with Gasteiger partial charge in [-0.1, -0.05) is 0 Å². The van der Waals surface area contributed by atoms with E-state index >= 15 is 0 Å². The first kappa shape index (κ1) is 23.2. The van der Waals surface area contributed by atoms with Crippen LogP contribution in [0.5, 0.6) is 0 Å². The van der Waals surface area contributed by atoms with Crippen LogP contribution < -0.4 is 10.0 Å². The number of halogens is 3. The first-order valence-electron chi connectivity index (χ1n) is 10.2. The van der Waals surface area contributed by atoms with Crippen molar-refractivity contribution < 1.29 is 32.8 Å². The van der Waals surface area contributed by atoms with Gasteiger partial charge in [0.2, 0.25) is 0 Å². The third-order valence-corrected chi connectivity index (χ3v) is 5.94. The van der Waals surface area contributed by atoms with Crippen molar-refractivity contribution in [2.75, 3.05) is 32.7 Å². The number of hydrogen-bond donors (Lipinski definition) is 1. The van der Waals surface area contributed by atoms with Crippen molar-refractivity contribution in [3.63, 3.8) is 0 Å². The molecule has 0 saturated carbocycles. The highest BCUT2D eigenvalue weighted by atomic mass is 19.4. The van der Waals surface area contributed by atoms with Gasteiger partial charge in [-0.05, 0) is 62.8 Å². The summed E-state index contributed by atoms with van der Waals surface area (Å²) in [4.78, 5) is 27.0. The molecular formula is C21H29F3N2O3. The molecule has 1 aromatic carbocycles. The molecule has 0 aliphatic carbocycles. The van der Waals surface area contributed by atoms with E-state index in [1.807, 2.05) is 0 Å². The number of alkyl halides is 3. The van der Waals surface area contributed by atoms with Gasteiger partial charge in [0, 0.05) is 31.0 Å². The Bertz CT molecular complexity index is 687. The zero-order valence-electron chi connectivity index (χ0n) is 16.9. The van der Waals surface area contributed by atoms with Gasteiger partial charge < -0.3 is 19.7 Å². The molecular weight excluding hydrogens is 385 g/mol. The van der Waals surface area contributed by atoms with Crippen LogP contribution in [-0.2, 0) is 11.0 Å². The van der Waals surface area contributed by atoms with Crippen LogP contribution >= 0.6 is 0 Å². The summed E-state index contributed by atoms with van der Waals surface area (Å²) in [6.45, 7) is 7.84. The Morgan fingerprint density at radius 3 is 2.28 bits per heavy atom. The van der Waals surface area contributed by atoms with Gasteiger partial charge in [0.25, 0.3) is 5.91 Å². The summed E-state index contributed by atoms with van der Waals surface area (Å²) in [5.74, 6) is -1.41. The Labute approximate surface area is 169 Å². The van der Waals surface area contributed by atoms with Gasteiger partial charge in [0.05, 0.1) is 25.2 Å². The van der Waals surface area contributed by atoms with Crippen LogP contribution in [0.1, 0.15) is 49.0 Å². The van der Waals surface area contributed by atoms with Gasteiger partial charge in [-0.25, -0.2) is 0 Å². The second kappa shape index (κ2) is 10.1. The molecule has 5 nitrogen and oxygen atoms in total. The van der Waals surface area contributed by atoms with E-state index in [9.17, 15) is 27.9 Å². The molecule has 0 aromatic heterocycles. The van der Waals surface area contributed by atoms with Crippen molar-refractivity contribution in [2.45, 2.75) is 39.3 Å². The summed E-state index contributed by atoms with van der Waals surface area (Å²) in [6, 6.07) is 4.23. The molecule has 1 heterocycles. The molecule has 0 radical (unpaired) electrons. The van der Waals surface area contributed by atoms with Crippen molar-refractivity contribution in [1.29, 1.82) is 0 Å². The summed E-state index contributed by atoms with van der Waals surface area (Å²) < 4.78 is 38.2. The maximum atomic E-state index is 12.8. The fourth-order valence-electron chi connectivity index (χ4n) is 4.05. The molecule has 2 atom stereocenters. The monoisotopic (exact) mass is 414 g/mol. The van der Waals surface area contributed by atoms with Crippen molar-refractivity contribution >= 4 is 11.9 Å². The first-order chi connectivity index (χ1) is 13.7. The number of carboxylic acid groups (broad SMARTS) is 1. The number of rotatable bonds is 8. The van der Waals surface area contributed by atoms with Crippen LogP contribution in [-0.4, -0.2) is 49.5 Å². The number of nitrogens with one attached hydrogen (secondary N) is 1. The zero-order valence-corrected chi connectivity index (χ0v) is 16.9. The van der Waals surface area contributed by atoms with Gasteiger partial charge in [-0.2, -0.15) is 13.2 Å². The SMILES string of the molecule is CC[NH+](CC)CC[C@H]1CN(C(=O)c2ccc(C(F)(F)F)cc2)CC[C@H]1CC(=O)[O-]. The number of carboxylic acids is 1. The number of hydrogen-bond acceptors (Lipinski definition) is 3. The summed E-state index contributed by atoms with van der Waals surface area (Å²) in [5, 5.41) is 11.1. The molecule has 0 unspecified atom stereocenters. The molecule has 0 bridgehead atoms. The van der Waals surface area contributed by atoms with Crippen molar-refractivity contribution in [2.24, 2.45) is 11.8 Å². The number of quaternary nitrogens is 1. The lowest BCUT2D eigenvalue weighted by atomic mass is 9.81.